The number of anilines is 1. The molecule has 1 saturated heterocycles. The van der Waals surface area contributed by atoms with Crippen LogP contribution in [0.25, 0.3) is 0 Å². The van der Waals surface area contributed by atoms with Gasteiger partial charge in [0.15, 0.2) is 0 Å². The molecule has 0 aliphatic carbocycles. The summed E-state index contributed by atoms with van der Waals surface area (Å²) in [5.74, 6) is 0. The van der Waals surface area contributed by atoms with Crippen LogP contribution in [0.15, 0.2) is 18.2 Å². The first-order chi connectivity index (χ1) is 10.4. The summed E-state index contributed by atoms with van der Waals surface area (Å²) in [5.41, 5.74) is 0.984. The number of hydrogen-bond acceptors (Lipinski definition) is 2. The second kappa shape index (κ2) is 7.36. The maximum absolute atomic E-state index is 12.8. The lowest BCUT2D eigenvalue weighted by Gasteiger charge is -2.28. The number of hydrogen-bond donors (Lipinski definition) is 0. The van der Waals surface area contributed by atoms with Crippen molar-refractivity contribution in [2.75, 3.05) is 38.1 Å². The number of benzene rings is 1. The summed E-state index contributed by atoms with van der Waals surface area (Å²) in [6.07, 6.45) is 0.550. The summed E-state index contributed by atoms with van der Waals surface area (Å²) < 4.78 is 38.5. The van der Waals surface area contributed by atoms with Crippen molar-refractivity contribution in [1.82, 2.24) is 4.90 Å². The highest BCUT2D eigenvalue weighted by Crippen LogP contribution is 2.33. The first-order valence-corrected chi connectivity index (χ1v) is 7.99. The molecule has 1 aromatic rings. The highest BCUT2D eigenvalue weighted by atomic mass is 19.4. The van der Waals surface area contributed by atoms with Crippen LogP contribution in [0, 0.1) is 6.92 Å². The smallest absolute Gasteiger partial charge is 0.374 e. The molecule has 2 nitrogen and oxygen atoms in total. The third-order valence-corrected chi connectivity index (χ3v) is 4.36. The van der Waals surface area contributed by atoms with Gasteiger partial charge in [0.1, 0.15) is 0 Å². The quantitative estimate of drug-likeness (QED) is 0.798. The Bertz CT molecular complexity index is 479. The van der Waals surface area contributed by atoms with Gasteiger partial charge in [-0.2, -0.15) is 13.2 Å². The third-order valence-electron chi connectivity index (χ3n) is 4.36. The number of alkyl halides is 3. The Morgan fingerprint density at radius 3 is 2.45 bits per heavy atom. The Balaban J connectivity index is 1.92. The van der Waals surface area contributed by atoms with Crippen LogP contribution in [0.3, 0.4) is 0 Å². The van der Waals surface area contributed by atoms with E-state index in [1.807, 2.05) is 18.9 Å². The van der Waals surface area contributed by atoms with Crippen molar-refractivity contribution in [3.05, 3.63) is 29.3 Å². The molecule has 1 heterocycles. The molecule has 0 atom stereocenters. The molecule has 124 valence electrons. The summed E-state index contributed by atoms with van der Waals surface area (Å²) in [4.78, 5) is 4.39. The minimum Gasteiger partial charge on any atom is -0.374 e. The molecule has 1 aliphatic heterocycles. The van der Waals surface area contributed by atoms with Gasteiger partial charge in [-0.05, 0) is 63.5 Å². The molecule has 0 N–H and O–H groups in total. The number of halogens is 3. The van der Waals surface area contributed by atoms with Gasteiger partial charge in [0.05, 0.1) is 5.56 Å². The van der Waals surface area contributed by atoms with Gasteiger partial charge in [-0.1, -0.05) is 12.5 Å². The summed E-state index contributed by atoms with van der Waals surface area (Å²) in [7, 11) is 1.87. The van der Waals surface area contributed by atoms with E-state index in [9.17, 15) is 13.2 Å². The van der Waals surface area contributed by atoms with Crippen LogP contribution in [-0.2, 0) is 6.18 Å². The predicted octanol–water partition coefficient (Wildman–Crippen LogP) is 4.33. The number of nitrogens with zero attached hydrogens (tertiary/aromatic N) is 2. The zero-order valence-electron chi connectivity index (χ0n) is 13.4. The Hall–Kier alpha value is -1.23. The zero-order chi connectivity index (χ0) is 16.2. The number of piperidine rings is 1. The molecule has 0 spiro atoms. The standard InChI is InChI=1S/C17H25F3N2/c1-14-7-8-15(17(18,19)20)13-16(14)21(2)9-6-12-22-10-4-3-5-11-22/h7-8,13H,3-6,9-12H2,1-2H3. The molecule has 0 radical (unpaired) electrons. The van der Waals surface area contributed by atoms with E-state index in [0.29, 0.717) is 5.69 Å². The molecule has 1 fully saturated rings. The van der Waals surface area contributed by atoms with E-state index in [2.05, 4.69) is 4.90 Å². The van der Waals surface area contributed by atoms with Gasteiger partial charge in [0, 0.05) is 19.3 Å². The molecule has 0 saturated carbocycles. The Morgan fingerprint density at radius 1 is 1.14 bits per heavy atom. The fraction of sp³-hybridized carbons (Fsp3) is 0.647. The van der Waals surface area contributed by atoms with Crippen LogP contribution in [0.4, 0.5) is 18.9 Å². The molecule has 0 bridgehead atoms. The normalized spacial score (nSPS) is 16.8. The molecule has 5 heteroatoms. The highest BCUT2D eigenvalue weighted by Gasteiger charge is 2.31. The van der Waals surface area contributed by atoms with Crippen LogP contribution in [0.2, 0.25) is 0 Å². The van der Waals surface area contributed by atoms with E-state index in [1.54, 1.807) is 6.07 Å². The molecule has 22 heavy (non-hydrogen) atoms. The molecular formula is C17H25F3N2. The van der Waals surface area contributed by atoms with Crippen molar-refractivity contribution in [2.45, 2.75) is 38.8 Å². The minimum atomic E-state index is -4.28. The maximum Gasteiger partial charge on any atom is 0.416 e. The van der Waals surface area contributed by atoms with Crippen LogP contribution < -0.4 is 4.90 Å². The lowest BCUT2D eigenvalue weighted by Crippen LogP contribution is -2.32. The SMILES string of the molecule is Cc1ccc(C(F)(F)F)cc1N(C)CCCN1CCCCC1. The second-order valence-corrected chi connectivity index (χ2v) is 6.18. The Labute approximate surface area is 130 Å². The fourth-order valence-electron chi connectivity index (χ4n) is 3.03. The van der Waals surface area contributed by atoms with Gasteiger partial charge >= 0.3 is 6.18 Å². The monoisotopic (exact) mass is 314 g/mol. The van der Waals surface area contributed by atoms with E-state index in [1.165, 1.54) is 25.3 Å². The van der Waals surface area contributed by atoms with Crippen molar-refractivity contribution in [3.8, 4) is 0 Å². The van der Waals surface area contributed by atoms with Gasteiger partial charge in [0.25, 0.3) is 0 Å². The van der Waals surface area contributed by atoms with E-state index in [4.69, 9.17) is 0 Å². The lowest BCUT2D eigenvalue weighted by molar-refractivity contribution is -0.137. The number of aryl methyl sites for hydroxylation is 1. The van der Waals surface area contributed by atoms with Crippen molar-refractivity contribution >= 4 is 5.69 Å². The lowest BCUT2D eigenvalue weighted by atomic mass is 10.1. The third kappa shape index (κ3) is 4.63. The molecule has 0 unspecified atom stereocenters. The Kier molecular flexibility index (Phi) is 5.73. The second-order valence-electron chi connectivity index (χ2n) is 6.18. The first-order valence-electron chi connectivity index (χ1n) is 7.99. The first kappa shape index (κ1) is 17.1. The topological polar surface area (TPSA) is 6.48 Å². The molecular weight excluding hydrogens is 289 g/mol. The van der Waals surface area contributed by atoms with Crippen molar-refractivity contribution in [2.24, 2.45) is 0 Å². The van der Waals surface area contributed by atoms with Crippen LogP contribution in [-0.4, -0.2) is 38.1 Å². The number of likely N-dealkylation sites (tertiary alicyclic amines) is 1. The average Bonchev–Trinajstić information content (AvgIpc) is 2.47. The molecule has 1 aliphatic rings. The predicted molar refractivity (Wildman–Crippen MR) is 84.4 cm³/mol. The molecule has 0 amide bonds. The summed E-state index contributed by atoms with van der Waals surface area (Å²) in [6.45, 7) is 5.98. The van der Waals surface area contributed by atoms with Crippen LogP contribution in [0.1, 0.15) is 36.8 Å². The summed E-state index contributed by atoms with van der Waals surface area (Å²) >= 11 is 0. The zero-order valence-corrected chi connectivity index (χ0v) is 13.4. The molecule has 2 rings (SSSR count). The van der Waals surface area contributed by atoms with Gasteiger partial charge < -0.3 is 9.80 Å². The van der Waals surface area contributed by atoms with E-state index < -0.39 is 11.7 Å². The molecule has 0 aromatic heterocycles. The summed E-state index contributed by atoms with van der Waals surface area (Å²) in [6, 6.07) is 3.97. The average molecular weight is 314 g/mol. The van der Waals surface area contributed by atoms with E-state index in [-0.39, 0.29) is 0 Å². The van der Waals surface area contributed by atoms with E-state index in [0.717, 1.165) is 44.2 Å². The van der Waals surface area contributed by atoms with Gasteiger partial charge in [-0.25, -0.2) is 0 Å². The maximum atomic E-state index is 12.8. The van der Waals surface area contributed by atoms with E-state index >= 15 is 0 Å². The number of rotatable bonds is 5. The van der Waals surface area contributed by atoms with Crippen LogP contribution >= 0.6 is 0 Å². The van der Waals surface area contributed by atoms with Gasteiger partial charge in [-0.15, -0.1) is 0 Å². The molecule has 1 aromatic carbocycles. The Morgan fingerprint density at radius 2 is 1.82 bits per heavy atom. The highest BCUT2D eigenvalue weighted by molar-refractivity contribution is 5.55. The summed E-state index contributed by atoms with van der Waals surface area (Å²) in [5, 5.41) is 0. The van der Waals surface area contributed by atoms with Crippen LogP contribution in [0.5, 0.6) is 0 Å². The van der Waals surface area contributed by atoms with Crippen molar-refractivity contribution in [1.29, 1.82) is 0 Å². The minimum absolute atomic E-state index is 0.573. The fourth-order valence-corrected chi connectivity index (χ4v) is 3.03. The largest absolute Gasteiger partial charge is 0.416 e. The van der Waals surface area contributed by atoms with Gasteiger partial charge in [0.2, 0.25) is 0 Å². The van der Waals surface area contributed by atoms with Crippen molar-refractivity contribution < 1.29 is 13.2 Å². The van der Waals surface area contributed by atoms with Crippen molar-refractivity contribution in [3.63, 3.8) is 0 Å². The van der Waals surface area contributed by atoms with Gasteiger partial charge in [-0.3, -0.25) is 0 Å².